The number of fused-ring (bicyclic) bond motifs is 8. The van der Waals surface area contributed by atoms with Gasteiger partial charge >= 0.3 is 5.97 Å². The maximum Gasteiger partial charge on any atom is 0.353 e. The van der Waals surface area contributed by atoms with Crippen molar-refractivity contribution in [3.05, 3.63) is 137 Å². The fraction of sp³-hybridized carbons (Fsp3) is 0.387. The largest absolute Gasteiger partial charge is 0.493 e. The second-order valence-corrected chi connectivity index (χ2v) is 26.4. The van der Waals surface area contributed by atoms with E-state index in [1.165, 1.54) is 35.8 Å². The van der Waals surface area contributed by atoms with Crippen LogP contribution in [0.25, 0.3) is 0 Å². The first-order chi connectivity index (χ1) is 41.9. The molecule has 2 N–H and O–H groups in total. The molecule has 4 amide bonds. The molecule has 5 heterocycles. The summed E-state index contributed by atoms with van der Waals surface area (Å²) in [6.07, 6.45) is 6.18. The summed E-state index contributed by atoms with van der Waals surface area (Å²) in [5.41, 5.74) is 7.78. The molecule has 87 heavy (non-hydrogen) atoms. The van der Waals surface area contributed by atoms with Crippen LogP contribution in [0.15, 0.2) is 108 Å². The number of carbonyl (C=O) groups is 5. The van der Waals surface area contributed by atoms with Crippen LogP contribution < -0.4 is 39.0 Å². The highest BCUT2D eigenvalue weighted by Gasteiger charge is 2.41. The predicted octanol–water partition coefficient (Wildman–Crippen LogP) is 8.56. The summed E-state index contributed by atoms with van der Waals surface area (Å²) in [6, 6.07) is 28.0. The van der Waals surface area contributed by atoms with Gasteiger partial charge in [0.25, 0.3) is 33.7 Å². The molecular weight excluding hydrogens is 1180 g/mol. The van der Waals surface area contributed by atoms with Gasteiger partial charge in [0.15, 0.2) is 28.2 Å². The van der Waals surface area contributed by atoms with Gasteiger partial charge in [-0.2, -0.15) is 8.42 Å². The topological polar surface area (TPSA) is 251 Å². The minimum Gasteiger partial charge on any atom is -0.493 e. The SMILES string of the molecule is COCCOCCOCCN(CC(C)(C)SSCCC(C(=O)ON1C(=O)CCC1=O)S(=O)(=O)O)c1cc(COc2cc3c(cc2OC)C(=O)N2c4ccccc4C[C@H]2C=N3)cc(COc2cc3c(cc2OC)C(=O)N2c4ccccc4CC2/C=C/N3)c1. The first-order valence-electron chi connectivity index (χ1n) is 28.3. The summed E-state index contributed by atoms with van der Waals surface area (Å²) in [7, 11) is 2.32. The molecule has 5 aliphatic rings. The zero-order valence-corrected chi connectivity index (χ0v) is 51.2. The van der Waals surface area contributed by atoms with Crippen LogP contribution in [0.2, 0.25) is 0 Å². The van der Waals surface area contributed by atoms with Crippen LogP contribution in [0.4, 0.5) is 28.4 Å². The van der Waals surface area contributed by atoms with Crippen LogP contribution in [0, 0.1) is 0 Å². The predicted molar refractivity (Wildman–Crippen MR) is 330 cm³/mol. The second-order valence-electron chi connectivity index (χ2n) is 21.7. The number of nitrogens with zero attached hydrogens (tertiary/aromatic N) is 5. The van der Waals surface area contributed by atoms with Gasteiger partial charge in [-0.3, -0.25) is 33.6 Å². The molecule has 2 unspecified atom stereocenters. The van der Waals surface area contributed by atoms with Crippen LogP contribution >= 0.6 is 21.6 Å². The fourth-order valence-corrected chi connectivity index (χ4v) is 14.4. The number of para-hydroxylation sites is 2. The molecule has 5 aromatic carbocycles. The van der Waals surface area contributed by atoms with E-state index in [1.807, 2.05) is 97.8 Å². The van der Waals surface area contributed by atoms with Crippen molar-refractivity contribution < 1.29 is 74.9 Å². The molecule has 0 radical (unpaired) electrons. The molecule has 0 aromatic heterocycles. The van der Waals surface area contributed by atoms with Crippen LogP contribution in [0.1, 0.15) is 76.1 Å². The lowest BCUT2D eigenvalue weighted by Gasteiger charge is -2.34. The molecule has 5 aromatic rings. The van der Waals surface area contributed by atoms with Gasteiger partial charge in [0.1, 0.15) is 13.2 Å². The van der Waals surface area contributed by atoms with Gasteiger partial charge < -0.3 is 53.1 Å². The summed E-state index contributed by atoms with van der Waals surface area (Å²) in [5.74, 6) is -1.95. The van der Waals surface area contributed by atoms with Crippen molar-refractivity contribution in [1.82, 2.24) is 5.06 Å². The van der Waals surface area contributed by atoms with Gasteiger partial charge in [-0.25, -0.2) is 4.79 Å². The Kier molecular flexibility index (Phi) is 19.8. The smallest absolute Gasteiger partial charge is 0.353 e. The van der Waals surface area contributed by atoms with Crippen molar-refractivity contribution in [1.29, 1.82) is 0 Å². The van der Waals surface area contributed by atoms with E-state index in [0.717, 1.165) is 39.3 Å². The highest BCUT2D eigenvalue weighted by atomic mass is 33.1. The maximum atomic E-state index is 14.4. The Morgan fingerprint density at radius 3 is 1.98 bits per heavy atom. The number of benzene rings is 5. The normalized spacial score (nSPS) is 17.4. The molecule has 10 rings (SSSR count). The third kappa shape index (κ3) is 14.5. The highest BCUT2D eigenvalue weighted by Crippen LogP contribution is 2.44. The first-order valence-corrected chi connectivity index (χ1v) is 32.1. The van der Waals surface area contributed by atoms with Gasteiger partial charge in [-0.1, -0.05) is 58.0 Å². The number of anilines is 4. The van der Waals surface area contributed by atoms with Gasteiger partial charge in [-0.15, -0.1) is 5.06 Å². The van der Waals surface area contributed by atoms with Gasteiger partial charge in [0, 0.05) is 85.4 Å². The van der Waals surface area contributed by atoms with Crippen LogP contribution in [-0.4, -0.2) is 149 Å². The van der Waals surface area contributed by atoms with E-state index in [-0.39, 0.29) is 73.8 Å². The van der Waals surface area contributed by atoms with E-state index in [1.54, 1.807) is 42.5 Å². The number of aliphatic imine (C=N–C) groups is 1. The number of carbonyl (C=O) groups excluding carboxylic acids is 5. The fourth-order valence-electron chi connectivity index (χ4n) is 10.9. The number of imide groups is 1. The van der Waals surface area contributed by atoms with Crippen molar-refractivity contribution in [2.45, 2.75) is 81.2 Å². The van der Waals surface area contributed by atoms with Crippen molar-refractivity contribution in [2.24, 2.45) is 4.99 Å². The monoisotopic (exact) mass is 1250 g/mol. The van der Waals surface area contributed by atoms with Crippen LogP contribution in [-0.2, 0) is 69.6 Å². The molecule has 0 saturated carbocycles. The summed E-state index contributed by atoms with van der Waals surface area (Å²) in [5, 5.41) is 1.51. The number of hydrogen-bond acceptors (Lipinski definition) is 20. The van der Waals surface area contributed by atoms with E-state index >= 15 is 0 Å². The zero-order valence-electron chi connectivity index (χ0n) is 48.8. The molecule has 1 saturated heterocycles. The molecule has 25 heteroatoms. The molecule has 22 nitrogen and oxygen atoms in total. The quantitative estimate of drug-likeness (QED) is 0.0206. The lowest BCUT2D eigenvalue weighted by molar-refractivity contribution is -0.197. The molecule has 0 spiro atoms. The van der Waals surface area contributed by atoms with Crippen molar-refractivity contribution in [3.8, 4) is 23.0 Å². The molecule has 3 atom stereocenters. The minimum atomic E-state index is -5.00. The Morgan fingerprint density at radius 1 is 0.747 bits per heavy atom. The molecular formula is C62H68N6O16S3. The Labute approximate surface area is 512 Å². The van der Waals surface area contributed by atoms with Crippen LogP contribution in [0.5, 0.6) is 23.0 Å². The Morgan fingerprint density at radius 2 is 1.33 bits per heavy atom. The van der Waals surface area contributed by atoms with Crippen molar-refractivity contribution >= 4 is 96.0 Å². The number of rotatable bonds is 28. The summed E-state index contributed by atoms with van der Waals surface area (Å²) >= 11 is 0. The van der Waals surface area contributed by atoms with E-state index in [9.17, 15) is 36.9 Å². The first kappa shape index (κ1) is 62.4. The Bertz CT molecular complexity index is 3590. The molecule has 460 valence electrons. The van der Waals surface area contributed by atoms with E-state index in [4.69, 9.17) is 43.0 Å². The number of ether oxygens (including phenoxy) is 7. The number of nitrogens with one attached hydrogen (secondary N) is 1. The van der Waals surface area contributed by atoms with E-state index < -0.39 is 37.9 Å². The van der Waals surface area contributed by atoms with Gasteiger partial charge in [0.05, 0.1) is 81.8 Å². The standard InChI is InChI=1S/C62H68N6O16S3/c1-62(2,86-85-25-17-56(87(74,75)76)61(73)84-68-57(69)14-15-58(68)70)38-65(19-20-80-23-24-81-22-21-77-3)44-27-39(36-82-54-33-48-46(31-52(54)78-4)59(71)66-43(16-18-63-48)29-41-10-6-8-12-50(41)66)26-40(28-44)37-83-55-34-49-47(32-53(55)79-5)60(72)67-45(35-64-49)30-42-11-7-9-13-51(42)67/h6-13,16,18,26-28,31-35,43,45,56,63H,14-15,17,19-25,29-30,36-38H2,1-5H3,(H,74,75,76)/b18-16+/t43?,45-,56?/m0/s1. The summed E-state index contributed by atoms with van der Waals surface area (Å²) < 4.78 is 76.3. The Hall–Kier alpha value is -7.65. The lowest BCUT2D eigenvalue weighted by Crippen LogP contribution is -2.40. The average Bonchev–Trinajstić information content (AvgIpc) is 1.82. The van der Waals surface area contributed by atoms with Gasteiger partial charge in [-0.05, 0) is 104 Å². The minimum absolute atomic E-state index is 0.0194. The number of hydroxylamine groups is 2. The van der Waals surface area contributed by atoms with Gasteiger partial charge in [0.2, 0.25) is 0 Å². The lowest BCUT2D eigenvalue weighted by atomic mass is 10.1. The molecule has 0 aliphatic carbocycles. The second kappa shape index (κ2) is 27.6. The number of amides is 4. The van der Waals surface area contributed by atoms with E-state index in [2.05, 4.69) is 10.2 Å². The average molecular weight is 1250 g/mol. The van der Waals surface area contributed by atoms with E-state index in [0.29, 0.717) is 97.9 Å². The Balaban J connectivity index is 0.929. The molecule has 1 fully saturated rings. The maximum absolute atomic E-state index is 14.4. The highest BCUT2D eigenvalue weighted by molar-refractivity contribution is 8.77. The summed E-state index contributed by atoms with van der Waals surface area (Å²) in [6.45, 7) is 6.59. The van der Waals surface area contributed by atoms with Crippen molar-refractivity contribution in [2.75, 3.05) is 93.2 Å². The third-order valence-corrected chi connectivity index (χ3v) is 19.5. The summed E-state index contributed by atoms with van der Waals surface area (Å²) in [4.78, 5) is 81.4. The van der Waals surface area contributed by atoms with Crippen molar-refractivity contribution in [3.63, 3.8) is 0 Å². The number of methoxy groups -OCH3 is 3. The molecule has 0 bridgehead atoms. The van der Waals surface area contributed by atoms with Crippen LogP contribution in [0.3, 0.4) is 0 Å². The molecule has 5 aliphatic heterocycles. The zero-order chi connectivity index (χ0) is 61.4. The number of hydrogen-bond donors (Lipinski definition) is 2. The third-order valence-electron chi connectivity index (χ3n) is 15.1.